The number of hydrogen-bond acceptors (Lipinski definition) is 5. The van der Waals surface area contributed by atoms with Crippen molar-refractivity contribution in [2.45, 2.75) is 26.9 Å². The zero-order chi connectivity index (χ0) is 24.7. The van der Waals surface area contributed by atoms with Crippen molar-refractivity contribution < 1.29 is 9.18 Å². The van der Waals surface area contributed by atoms with Crippen molar-refractivity contribution in [1.29, 1.82) is 0 Å². The average molecular weight is 558 g/mol. The van der Waals surface area contributed by atoms with Gasteiger partial charge in [-0.15, -0.1) is 0 Å². The van der Waals surface area contributed by atoms with Crippen molar-refractivity contribution in [2.75, 3.05) is 5.32 Å². The summed E-state index contributed by atoms with van der Waals surface area (Å²) in [5.74, 6) is -0.582. The first kappa shape index (κ1) is 23.2. The minimum absolute atomic E-state index is 0.104. The quantitative estimate of drug-likeness (QED) is 0.318. The van der Waals surface area contributed by atoms with Gasteiger partial charge in [0.25, 0.3) is 5.91 Å². The molecule has 4 heterocycles. The molecule has 0 aliphatic rings. The van der Waals surface area contributed by atoms with E-state index in [2.05, 4.69) is 41.5 Å². The van der Waals surface area contributed by atoms with Crippen LogP contribution in [0.15, 0.2) is 53.5 Å². The molecule has 0 bridgehead atoms. The van der Waals surface area contributed by atoms with Crippen LogP contribution in [-0.2, 0) is 13.1 Å². The van der Waals surface area contributed by atoms with Crippen LogP contribution < -0.4 is 5.32 Å². The maximum Gasteiger partial charge on any atom is 0.262 e. The Morgan fingerprint density at radius 2 is 2.03 bits per heavy atom. The fourth-order valence-corrected chi connectivity index (χ4v) is 4.41. The van der Waals surface area contributed by atoms with Crippen LogP contribution in [0.4, 0.5) is 10.2 Å². The Labute approximate surface area is 212 Å². The number of aromatic nitrogens is 7. The van der Waals surface area contributed by atoms with E-state index in [-0.39, 0.29) is 17.9 Å². The Bertz CT molecular complexity index is 1550. The van der Waals surface area contributed by atoms with Gasteiger partial charge < -0.3 is 5.32 Å². The predicted molar refractivity (Wildman–Crippen MR) is 133 cm³/mol. The maximum absolute atomic E-state index is 14.2. The number of halogens is 3. The molecule has 35 heavy (non-hydrogen) atoms. The summed E-state index contributed by atoms with van der Waals surface area (Å²) in [4.78, 5) is 17.5. The number of hydrogen-bond donors (Lipinski definition) is 1. The van der Waals surface area contributed by atoms with Crippen LogP contribution in [0.3, 0.4) is 0 Å². The number of aryl methyl sites for hydroxylation is 2. The lowest BCUT2D eigenvalue weighted by atomic mass is 10.2. The molecule has 0 saturated heterocycles. The lowest BCUT2D eigenvalue weighted by Crippen LogP contribution is -2.13. The zero-order valence-electron chi connectivity index (χ0n) is 18.7. The first-order valence-corrected chi connectivity index (χ1v) is 11.9. The Balaban J connectivity index is 1.42. The molecule has 5 aromatic rings. The second kappa shape index (κ2) is 9.23. The summed E-state index contributed by atoms with van der Waals surface area (Å²) in [5.41, 5.74) is 3.53. The molecule has 1 aromatic carbocycles. The number of rotatable bonds is 6. The molecule has 0 fully saturated rings. The highest BCUT2D eigenvalue weighted by Crippen LogP contribution is 2.26. The van der Waals surface area contributed by atoms with Gasteiger partial charge in [-0.3, -0.25) is 14.2 Å². The Morgan fingerprint density at radius 1 is 1.20 bits per heavy atom. The van der Waals surface area contributed by atoms with Crippen molar-refractivity contribution in [1.82, 2.24) is 34.2 Å². The largest absolute Gasteiger partial charge is 0.304 e. The SMILES string of the molecule is CCn1cc(-c2ccnc3c(C(=O)Nc4nn(Cc5c(F)cccc5Cl)cc4Br)cnn23)c(C)n1. The second-order valence-corrected chi connectivity index (χ2v) is 9.05. The molecule has 0 atom stereocenters. The fraction of sp³-hybridized carbons (Fsp3) is 0.174. The molecule has 1 amide bonds. The Kier molecular flexibility index (Phi) is 6.12. The minimum atomic E-state index is -0.430. The molecular formula is C23H19BrClFN8O. The third-order valence-corrected chi connectivity index (χ3v) is 6.46. The first-order chi connectivity index (χ1) is 16.9. The van der Waals surface area contributed by atoms with Crippen molar-refractivity contribution in [3.63, 3.8) is 0 Å². The molecule has 0 aliphatic heterocycles. The highest BCUT2D eigenvalue weighted by molar-refractivity contribution is 9.10. The number of carbonyl (C=O) groups is 1. The highest BCUT2D eigenvalue weighted by Gasteiger charge is 2.20. The van der Waals surface area contributed by atoms with Gasteiger partial charge in [0.2, 0.25) is 0 Å². The summed E-state index contributed by atoms with van der Waals surface area (Å²) in [7, 11) is 0. The topological polar surface area (TPSA) is 94.9 Å². The highest BCUT2D eigenvalue weighted by atomic mass is 79.9. The van der Waals surface area contributed by atoms with Gasteiger partial charge in [0.1, 0.15) is 11.4 Å². The summed E-state index contributed by atoms with van der Waals surface area (Å²) in [5, 5.41) is 16.3. The van der Waals surface area contributed by atoms with Crippen molar-refractivity contribution in [3.05, 3.63) is 81.2 Å². The smallest absolute Gasteiger partial charge is 0.262 e. The molecular weight excluding hydrogens is 539 g/mol. The van der Waals surface area contributed by atoms with Crippen LogP contribution in [-0.4, -0.2) is 40.1 Å². The van der Waals surface area contributed by atoms with E-state index in [0.717, 1.165) is 23.5 Å². The molecule has 9 nitrogen and oxygen atoms in total. The fourth-order valence-electron chi connectivity index (χ4n) is 3.77. The van der Waals surface area contributed by atoms with Crippen LogP contribution >= 0.6 is 27.5 Å². The molecule has 12 heteroatoms. The van der Waals surface area contributed by atoms with Gasteiger partial charge in [-0.2, -0.15) is 15.3 Å². The number of amides is 1. The van der Waals surface area contributed by atoms with Gasteiger partial charge in [-0.25, -0.2) is 13.9 Å². The van der Waals surface area contributed by atoms with Gasteiger partial charge in [0.05, 0.1) is 28.6 Å². The van der Waals surface area contributed by atoms with E-state index >= 15 is 0 Å². The van der Waals surface area contributed by atoms with Crippen LogP contribution in [0.5, 0.6) is 0 Å². The minimum Gasteiger partial charge on any atom is -0.304 e. The Hall–Kier alpha value is -3.57. The summed E-state index contributed by atoms with van der Waals surface area (Å²) in [6.45, 7) is 4.78. The number of nitrogens with zero attached hydrogens (tertiary/aromatic N) is 7. The predicted octanol–water partition coefficient (Wildman–Crippen LogP) is 4.97. The Morgan fingerprint density at radius 3 is 2.77 bits per heavy atom. The molecule has 178 valence electrons. The van der Waals surface area contributed by atoms with Gasteiger partial charge >= 0.3 is 0 Å². The van der Waals surface area contributed by atoms with Crippen LogP contribution in [0, 0.1) is 12.7 Å². The third-order valence-electron chi connectivity index (χ3n) is 5.52. The number of carbonyl (C=O) groups excluding carboxylic acids is 1. The van der Waals surface area contributed by atoms with Gasteiger partial charge in [-0.1, -0.05) is 17.7 Å². The normalized spacial score (nSPS) is 11.3. The monoisotopic (exact) mass is 556 g/mol. The summed E-state index contributed by atoms with van der Waals surface area (Å²) >= 11 is 9.52. The molecule has 0 spiro atoms. The zero-order valence-corrected chi connectivity index (χ0v) is 21.0. The molecule has 0 saturated carbocycles. The lowest BCUT2D eigenvalue weighted by molar-refractivity contribution is 0.102. The summed E-state index contributed by atoms with van der Waals surface area (Å²) < 4.78 is 19.6. The summed E-state index contributed by atoms with van der Waals surface area (Å²) in [6.07, 6.45) is 6.68. The molecule has 5 rings (SSSR count). The van der Waals surface area contributed by atoms with E-state index in [0.29, 0.717) is 20.7 Å². The lowest BCUT2D eigenvalue weighted by Gasteiger charge is -2.06. The number of benzene rings is 1. The average Bonchev–Trinajstić information content (AvgIpc) is 3.53. The van der Waals surface area contributed by atoms with Gasteiger partial charge in [0, 0.05) is 41.3 Å². The number of fused-ring (bicyclic) bond motifs is 1. The third kappa shape index (κ3) is 4.32. The van der Waals surface area contributed by atoms with E-state index in [1.165, 1.54) is 16.9 Å². The van der Waals surface area contributed by atoms with E-state index in [1.54, 1.807) is 29.0 Å². The standard InChI is InChI=1S/C23H19BrClFN8O/c1-3-32-10-15(13(2)30-32)20-7-8-27-22-14(9-28-34(20)22)23(35)29-21-17(24)12-33(31-21)11-16-18(25)5-4-6-19(16)26/h4-10,12H,3,11H2,1-2H3,(H,29,31,35). The maximum atomic E-state index is 14.2. The number of anilines is 1. The molecule has 1 N–H and O–H groups in total. The number of nitrogens with one attached hydrogen (secondary N) is 1. The molecule has 0 unspecified atom stereocenters. The van der Waals surface area contributed by atoms with E-state index in [4.69, 9.17) is 11.6 Å². The molecule has 0 radical (unpaired) electrons. The van der Waals surface area contributed by atoms with Crippen molar-refractivity contribution in [2.24, 2.45) is 0 Å². The van der Waals surface area contributed by atoms with Crippen molar-refractivity contribution >= 4 is 44.9 Å². The van der Waals surface area contributed by atoms with Crippen LogP contribution in [0.1, 0.15) is 28.5 Å². The van der Waals surface area contributed by atoms with Crippen LogP contribution in [0.25, 0.3) is 16.9 Å². The van der Waals surface area contributed by atoms with Gasteiger partial charge in [0.15, 0.2) is 11.5 Å². The molecule has 4 aromatic heterocycles. The van der Waals surface area contributed by atoms with Crippen molar-refractivity contribution in [3.8, 4) is 11.3 Å². The van der Waals surface area contributed by atoms with Crippen LogP contribution in [0.2, 0.25) is 5.02 Å². The first-order valence-electron chi connectivity index (χ1n) is 10.7. The van der Waals surface area contributed by atoms with E-state index in [9.17, 15) is 9.18 Å². The van der Waals surface area contributed by atoms with E-state index < -0.39 is 11.7 Å². The van der Waals surface area contributed by atoms with Gasteiger partial charge in [-0.05, 0) is 48.0 Å². The molecule has 0 aliphatic carbocycles. The summed E-state index contributed by atoms with van der Waals surface area (Å²) in [6, 6.07) is 6.32. The second-order valence-electron chi connectivity index (χ2n) is 7.79. The van der Waals surface area contributed by atoms with E-state index in [1.807, 2.05) is 30.8 Å².